The van der Waals surface area contributed by atoms with Gasteiger partial charge in [-0.25, -0.2) is 0 Å². The summed E-state index contributed by atoms with van der Waals surface area (Å²) in [7, 11) is 0. The molecule has 116 valence electrons. The van der Waals surface area contributed by atoms with Crippen LogP contribution in [0.3, 0.4) is 0 Å². The van der Waals surface area contributed by atoms with Crippen LogP contribution in [0.15, 0.2) is 30.3 Å². The lowest BCUT2D eigenvalue weighted by Crippen LogP contribution is -2.59. The highest BCUT2D eigenvalue weighted by molar-refractivity contribution is 5.25. The summed E-state index contributed by atoms with van der Waals surface area (Å²) in [5.41, 5.74) is 1.54. The lowest BCUT2D eigenvalue weighted by molar-refractivity contribution is 0.0850. The monoisotopic (exact) mass is 286 g/mol. The largest absolute Gasteiger partial charge is 0.305 e. The Morgan fingerprint density at radius 2 is 1.67 bits per heavy atom. The number of hydrogen-bond donors (Lipinski definition) is 1. The van der Waals surface area contributed by atoms with Crippen LogP contribution in [0.25, 0.3) is 0 Å². The van der Waals surface area contributed by atoms with Crippen LogP contribution in [0.4, 0.5) is 0 Å². The second kappa shape index (κ2) is 6.93. The molecule has 1 aliphatic carbocycles. The zero-order chi connectivity index (χ0) is 14.5. The highest BCUT2D eigenvalue weighted by Crippen LogP contribution is 2.29. The van der Waals surface area contributed by atoms with Gasteiger partial charge >= 0.3 is 0 Å². The molecule has 0 bridgehead atoms. The fourth-order valence-corrected chi connectivity index (χ4v) is 4.13. The third-order valence-corrected chi connectivity index (χ3v) is 5.44. The third kappa shape index (κ3) is 3.67. The fourth-order valence-electron chi connectivity index (χ4n) is 4.13. The Labute approximate surface area is 129 Å². The third-order valence-electron chi connectivity index (χ3n) is 5.44. The van der Waals surface area contributed by atoms with E-state index in [0.29, 0.717) is 0 Å². The molecule has 1 aliphatic heterocycles. The second-order valence-corrected chi connectivity index (χ2v) is 7.09. The molecule has 3 rings (SSSR count). The average Bonchev–Trinajstić information content (AvgIpc) is 2.48. The Kier molecular flexibility index (Phi) is 4.97. The molecule has 2 nitrogen and oxygen atoms in total. The van der Waals surface area contributed by atoms with E-state index < -0.39 is 0 Å². The number of nitrogens with one attached hydrogen (secondary N) is 1. The van der Waals surface area contributed by atoms with Crippen molar-refractivity contribution in [3.63, 3.8) is 0 Å². The SMILES string of the molecule is CC1(c2ccccc2)CN(C2CCCCCCC2)CCN1. The molecule has 1 saturated heterocycles. The Morgan fingerprint density at radius 1 is 1.00 bits per heavy atom. The number of hydrogen-bond acceptors (Lipinski definition) is 2. The van der Waals surface area contributed by atoms with Crippen LogP contribution in [0.2, 0.25) is 0 Å². The standard InChI is InChI=1S/C19H30N2/c1-19(17-10-6-5-7-11-17)16-21(15-14-20-19)18-12-8-3-2-4-9-13-18/h5-7,10-11,18,20H,2-4,8-9,12-16H2,1H3. The Morgan fingerprint density at radius 3 is 2.38 bits per heavy atom. The summed E-state index contributed by atoms with van der Waals surface area (Å²) in [6, 6.07) is 11.8. The Balaban J connectivity index is 1.69. The Bertz CT molecular complexity index is 422. The molecule has 1 N–H and O–H groups in total. The minimum Gasteiger partial charge on any atom is -0.305 e. The molecule has 1 aromatic carbocycles. The van der Waals surface area contributed by atoms with Gasteiger partial charge in [0.05, 0.1) is 5.54 Å². The fraction of sp³-hybridized carbons (Fsp3) is 0.684. The summed E-state index contributed by atoms with van der Waals surface area (Å²) in [6.45, 7) is 5.86. The van der Waals surface area contributed by atoms with Gasteiger partial charge in [-0.15, -0.1) is 0 Å². The summed E-state index contributed by atoms with van der Waals surface area (Å²) >= 11 is 0. The van der Waals surface area contributed by atoms with Crippen LogP contribution in [-0.2, 0) is 5.54 Å². The molecular weight excluding hydrogens is 256 g/mol. The topological polar surface area (TPSA) is 15.3 Å². The van der Waals surface area contributed by atoms with E-state index in [1.54, 1.807) is 0 Å². The lowest BCUT2D eigenvalue weighted by atomic mass is 9.87. The zero-order valence-corrected chi connectivity index (χ0v) is 13.5. The molecule has 0 amide bonds. The van der Waals surface area contributed by atoms with Crippen molar-refractivity contribution in [1.29, 1.82) is 0 Å². The molecule has 1 atom stereocenters. The van der Waals surface area contributed by atoms with E-state index >= 15 is 0 Å². The first-order valence-corrected chi connectivity index (χ1v) is 8.82. The molecule has 2 fully saturated rings. The molecule has 1 aromatic rings. The first kappa shape index (κ1) is 15.1. The highest BCUT2D eigenvalue weighted by Gasteiger charge is 2.34. The molecule has 2 heteroatoms. The van der Waals surface area contributed by atoms with E-state index in [1.165, 1.54) is 57.1 Å². The summed E-state index contributed by atoms with van der Waals surface area (Å²) in [5, 5.41) is 3.77. The van der Waals surface area contributed by atoms with Crippen molar-refractivity contribution >= 4 is 0 Å². The van der Waals surface area contributed by atoms with Gasteiger partial charge in [-0.3, -0.25) is 4.90 Å². The molecule has 2 aliphatic rings. The van der Waals surface area contributed by atoms with Crippen LogP contribution in [0, 0.1) is 0 Å². The van der Waals surface area contributed by atoms with Crippen molar-refractivity contribution in [2.24, 2.45) is 0 Å². The molecule has 1 heterocycles. The van der Waals surface area contributed by atoms with Crippen LogP contribution in [0.1, 0.15) is 57.4 Å². The summed E-state index contributed by atoms with van der Waals surface area (Å²) in [4.78, 5) is 2.77. The van der Waals surface area contributed by atoms with Gasteiger partial charge in [0, 0.05) is 25.7 Å². The number of piperazine rings is 1. The average molecular weight is 286 g/mol. The maximum absolute atomic E-state index is 3.77. The predicted octanol–water partition coefficient (Wildman–Crippen LogP) is 3.92. The van der Waals surface area contributed by atoms with Crippen LogP contribution in [0.5, 0.6) is 0 Å². The minimum absolute atomic E-state index is 0.113. The highest BCUT2D eigenvalue weighted by atomic mass is 15.2. The van der Waals surface area contributed by atoms with Crippen molar-refractivity contribution < 1.29 is 0 Å². The van der Waals surface area contributed by atoms with Gasteiger partial charge in [0.1, 0.15) is 0 Å². The van der Waals surface area contributed by atoms with E-state index in [2.05, 4.69) is 47.5 Å². The summed E-state index contributed by atoms with van der Waals surface area (Å²) in [6.07, 6.45) is 10.0. The van der Waals surface area contributed by atoms with E-state index in [-0.39, 0.29) is 5.54 Å². The number of nitrogens with zero attached hydrogens (tertiary/aromatic N) is 1. The van der Waals surface area contributed by atoms with Crippen molar-refractivity contribution in [3.8, 4) is 0 Å². The first-order chi connectivity index (χ1) is 10.3. The van der Waals surface area contributed by atoms with Crippen LogP contribution >= 0.6 is 0 Å². The molecule has 1 saturated carbocycles. The van der Waals surface area contributed by atoms with Gasteiger partial charge in [0.15, 0.2) is 0 Å². The van der Waals surface area contributed by atoms with Crippen molar-refractivity contribution in [2.75, 3.05) is 19.6 Å². The first-order valence-electron chi connectivity index (χ1n) is 8.82. The van der Waals surface area contributed by atoms with E-state index in [4.69, 9.17) is 0 Å². The van der Waals surface area contributed by atoms with Crippen LogP contribution < -0.4 is 5.32 Å². The Hall–Kier alpha value is -0.860. The summed E-state index contributed by atoms with van der Waals surface area (Å²) in [5.74, 6) is 0. The van der Waals surface area contributed by atoms with Crippen molar-refractivity contribution in [1.82, 2.24) is 10.2 Å². The van der Waals surface area contributed by atoms with Crippen LogP contribution in [-0.4, -0.2) is 30.6 Å². The smallest absolute Gasteiger partial charge is 0.0535 e. The normalized spacial score (nSPS) is 29.8. The molecule has 0 aromatic heterocycles. The molecular formula is C19H30N2. The second-order valence-electron chi connectivity index (χ2n) is 7.09. The van der Waals surface area contributed by atoms with Gasteiger partial charge in [0.25, 0.3) is 0 Å². The number of benzene rings is 1. The van der Waals surface area contributed by atoms with Gasteiger partial charge in [0.2, 0.25) is 0 Å². The lowest BCUT2D eigenvalue weighted by Gasteiger charge is -2.45. The van der Waals surface area contributed by atoms with E-state index in [1.807, 2.05) is 0 Å². The quantitative estimate of drug-likeness (QED) is 0.886. The maximum Gasteiger partial charge on any atom is 0.0535 e. The van der Waals surface area contributed by atoms with Gasteiger partial charge < -0.3 is 5.32 Å². The zero-order valence-electron chi connectivity index (χ0n) is 13.5. The number of rotatable bonds is 2. The predicted molar refractivity (Wildman–Crippen MR) is 89.5 cm³/mol. The maximum atomic E-state index is 3.77. The summed E-state index contributed by atoms with van der Waals surface area (Å²) < 4.78 is 0. The van der Waals surface area contributed by atoms with Gasteiger partial charge in [-0.05, 0) is 25.3 Å². The molecule has 1 unspecified atom stereocenters. The van der Waals surface area contributed by atoms with E-state index in [0.717, 1.165) is 19.1 Å². The molecule has 21 heavy (non-hydrogen) atoms. The minimum atomic E-state index is 0.113. The van der Waals surface area contributed by atoms with Crippen molar-refractivity contribution in [3.05, 3.63) is 35.9 Å². The molecule has 0 spiro atoms. The van der Waals surface area contributed by atoms with E-state index in [9.17, 15) is 0 Å². The molecule has 0 radical (unpaired) electrons. The van der Waals surface area contributed by atoms with Gasteiger partial charge in [-0.2, -0.15) is 0 Å². The van der Waals surface area contributed by atoms with Crippen molar-refractivity contribution in [2.45, 2.75) is 63.5 Å². The van der Waals surface area contributed by atoms with Gasteiger partial charge in [-0.1, -0.05) is 62.4 Å².